The topological polar surface area (TPSA) is 78.4 Å². The Balaban J connectivity index is 1.59. The summed E-state index contributed by atoms with van der Waals surface area (Å²) in [5.74, 6) is 0. The number of hydrogen-bond donors (Lipinski definition) is 1. The van der Waals surface area contributed by atoms with E-state index in [1.807, 2.05) is 0 Å². The number of sulfonamides is 1. The highest BCUT2D eigenvalue weighted by Crippen LogP contribution is 2.28. The lowest BCUT2D eigenvalue weighted by Crippen LogP contribution is -2.49. The van der Waals surface area contributed by atoms with E-state index < -0.39 is 10.0 Å². The second-order valence-electron chi connectivity index (χ2n) is 5.98. The first-order valence-corrected chi connectivity index (χ1v) is 9.99. The molecule has 0 bridgehead atoms. The van der Waals surface area contributed by atoms with Gasteiger partial charge in [0.25, 0.3) is 0 Å². The van der Waals surface area contributed by atoms with Gasteiger partial charge < -0.3 is 5.32 Å². The molecule has 23 heavy (non-hydrogen) atoms. The molecule has 3 heterocycles. The molecule has 0 spiro atoms. The Hall–Kier alpha value is -1.13. The highest BCUT2D eigenvalue weighted by atomic mass is 32.2. The van der Waals surface area contributed by atoms with Crippen molar-refractivity contribution in [3.63, 3.8) is 0 Å². The van der Waals surface area contributed by atoms with E-state index in [1.54, 1.807) is 22.5 Å². The normalized spacial score (nSPS) is 24.4. The zero-order chi connectivity index (χ0) is 15.9. The van der Waals surface area contributed by atoms with Crippen LogP contribution in [0.3, 0.4) is 0 Å². The van der Waals surface area contributed by atoms with Crippen molar-refractivity contribution in [2.24, 2.45) is 0 Å². The van der Waals surface area contributed by atoms with Crippen LogP contribution in [0.2, 0.25) is 0 Å². The lowest BCUT2D eigenvalue weighted by molar-refractivity contribution is 0.179. The average molecular weight is 353 g/mol. The Kier molecular flexibility index (Phi) is 4.06. The van der Waals surface area contributed by atoms with Crippen molar-refractivity contribution in [1.82, 2.24) is 23.3 Å². The summed E-state index contributed by atoms with van der Waals surface area (Å²) in [5.41, 5.74) is 1.14. The molecule has 4 rings (SSSR count). The van der Waals surface area contributed by atoms with Crippen LogP contribution in [0.25, 0.3) is 11.0 Å². The van der Waals surface area contributed by atoms with E-state index in [4.69, 9.17) is 0 Å². The van der Waals surface area contributed by atoms with Crippen molar-refractivity contribution in [3.8, 4) is 0 Å². The van der Waals surface area contributed by atoms with Gasteiger partial charge in [0, 0.05) is 45.3 Å². The predicted molar refractivity (Wildman–Crippen MR) is 89.0 cm³/mol. The molecule has 2 aliphatic heterocycles. The molecular weight excluding hydrogens is 334 g/mol. The number of piperazine rings is 1. The van der Waals surface area contributed by atoms with E-state index in [1.165, 1.54) is 0 Å². The van der Waals surface area contributed by atoms with E-state index in [9.17, 15) is 8.42 Å². The third kappa shape index (κ3) is 2.76. The Morgan fingerprint density at radius 2 is 2.00 bits per heavy atom. The average Bonchev–Trinajstić information content (AvgIpc) is 3.24. The van der Waals surface area contributed by atoms with Crippen molar-refractivity contribution in [1.29, 1.82) is 0 Å². The van der Waals surface area contributed by atoms with Gasteiger partial charge >= 0.3 is 0 Å². The fourth-order valence-corrected chi connectivity index (χ4v) is 5.65. The second-order valence-corrected chi connectivity index (χ2v) is 8.41. The fourth-order valence-electron chi connectivity index (χ4n) is 3.40. The Morgan fingerprint density at radius 1 is 1.17 bits per heavy atom. The zero-order valence-corrected chi connectivity index (χ0v) is 14.3. The van der Waals surface area contributed by atoms with Crippen molar-refractivity contribution >= 4 is 32.8 Å². The van der Waals surface area contributed by atoms with Crippen molar-refractivity contribution < 1.29 is 8.42 Å². The standard InChI is InChI=1S/C14H19N5O2S2/c20-23(21,13-3-1-2-12-14(13)17-22-16-12)19-7-4-11(10-19)18-8-5-15-6-9-18/h1-3,11,15H,4-10H2. The number of hydrogen-bond acceptors (Lipinski definition) is 7. The summed E-state index contributed by atoms with van der Waals surface area (Å²) in [6.07, 6.45) is 0.893. The molecule has 0 aliphatic carbocycles. The van der Waals surface area contributed by atoms with Gasteiger partial charge in [-0.25, -0.2) is 8.42 Å². The molecule has 7 nitrogen and oxygen atoms in total. The summed E-state index contributed by atoms with van der Waals surface area (Å²) in [6, 6.07) is 5.49. The Labute approximate surface area is 139 Å². The molecule has 2 aliphatic rings. The molecule has 0 amide bonds. The number of benzene rings is 1. The molecule has 1 unspecified atom stereocenters. The molecule has 2 aromatic rings. The molecule has 1 N–H and O–H groups in total. The molecule has 2 saturated heterocycles. The fraction of sp³-hybridized carbons (Fsp3) is 0.571. The van der Waals surface area contributed by atoms with Crippen molar-refractivity contribution in [3.05, 3.63) is 18.2 Å². The van der Waals surface area contributed by atoms with Crippen molar-refractivity contribution in [2.75, 3.05) is 39.3 Å². The lowest BCUT2D eigenvalue weighted by Gasteiger charge is -2.32. The quantitative estimate of drug-likeness (QED) is 0.858. The summed E-state index contributed by atoms with van der Waals surface area (Å²) in [4.78, 5) is 2.68. The molecule has 0 saturated carbocycles. The van der Waals surface area contributed by atoms with Crippen LogP contribution in [-0.2, 0) is 10.0 Å². The molecule has 9 heteroatoms. The Morgan fingerprint density at radius 3 is 2.83 bits per heavy atom. The summed E-state index contributed by atoms with van der Waals surface area (Å²) < 4.78 is 35.9. The van der Waals surface area contributed by atoms with E-state index in [0.717, 1.165) is 44.3 Å². The predicted octanol–water partition coefficient (Wildman–Crippen LogP) is 0.360. The van der Waals surface area contributed by atoms with Crippen LogP contribution in [0, 0.1) is 0 Å². The van der Waals surface area contributed by atoms with Gasteiger partial charge in [-0.05, 0) is 18.6 Å². The smallest absolute Gasteiger partial charge is 0.245 e. The van der Waals surface area contributed by atoms with Gasteiger partial charge in [0.15, 0.2) is 0 Å². The first kappa shape index (κ1) is 15.4. The largest absolute Gasteiger partial charge is 0.314 e. The summed E-state index contributed by atoms with van der Waals surface area (Å²) >= 11 is 1.05. The van der Waals surface area contributed by atoms with E-state index in [0.29, 0.717) is 30.2 Å². The van der Waals surface area contributed by atoms with Crippen LogP contribution in [0.1, 0.15) is 6.42 Å². The van der Waals surface area contributed by atoms with Gasteiger partial charge in [0.05, 0.1) is 11.7 Å². The lowest BCUT2D eigenvalue weighted by atomic mass is 10.2. The number of nitrogens with zero attached hydrogens (tertiary/aromatic N) is 4. The van der Waals surface area contributed by atoms with Gasteiger partial charge in [-0.3, -0.25) is 4.90 Å². The van der Waals surface area contributed by atoms with E-state index >= 15 is 0 Å². The van der Waals surface area contributed by atoms with Gasteiger partial charge in [-0.1, -0.05) is 6.07 Å². The van der Waals surface area contributed by atoms with Crippen LogP contribution in [-0.4, -0.2) is 71.7 Å². The molecule has 1 aromatic heterocycles. The SMILES string of the molecule is O=S(=O)(c1cccc2nsnc12)N1CCC(N2CCNCC2)C1. The third-order valence-electron chi connectivity index (χ3n) is 4.66. The van der Waals surface area contributed by atoms with E-state index in [2.05, 4.69) is 19.0 Å². The highest BCUT2D eigenvalue weighted by Gasteiger charge is 2.36. The molecule has 2 fully saturated rings. The monoisotopic (exact) mass is 353 g/mol. The van der Waals surface area contributed by atoms with Gasteiger partial charge in [0.2, 0.25) is 10.0 Å². The highest BCUT2D eigenvalue weighted by molar-refractivity contribution is 7.89. The summed E-state index contributed by atoms with van der Waals surface area (Å²) in [7, 11) is -3.51. The van der Waals surface area contributed by atoms with Gasteiger partial charge in [-0.2, -0.15) is 13.1 Å². The molecule has 0 radical (unpaired) electrons. The maximum atomic E-state index is 13.0. The molecule has 124 valence electrons. The molecule has 1 aromatic carbocycles. The first-order valence-electron chi connectivity index (χ1n) is 7.82. The van der Waals surface area contributed by atoms with Crippen LogP contribution in [0.4, 0.5) is 0 Å². The number of rotatable bonds is 3. The van der Waals surface area contributed by atoms with Crippen LogP contribution in [0.15, 0.2) is 23.1 Å². The number of aromatic nitrogens is 2. The summed E-state index contributed by atoms with van der Waals surface area (Å²) in [6.45, 7) is 5.08. The minimum atomic E-state index is -3.51. The zero-order valence-electron chi connectivity index (χ0n) is 12.7. The minimum absolute atomic E-state index is 0.282. The maximum Gasteiger partial charge on any atom is 0.245 e. The van der Waals surface area contributed by atoms with Crippen LogP contribution < -0.4 is 5.32 Å². The first-order chi connectivity index (χ1) is 11.2. The Bertz CT molecular complexity index is 800. The van der Waals surface area contributed by atoms with E-state index in [-0.39, 0.29) is 4.90 Å². The van der Waals surface area contributed by atoms with Gasteiger partial charge in [0.1, 0.15) is 15.9 Å². The molecule has 1 atom stereocenters. The maximum absolute atomic E-state index is 13.0. The van der Waals surface area contributed by atoms with Crippen LogP contribution >= 0.6 is 11.7 Å². The minimum Gasteiger partial charge on any atom is -0.314 e. The number of nitrogens with one attached hydrogen (secondary N) is 1. The second kappa shape index (κ2) is 6.06. The van der Waals surface area contributed by atoms with Crippen LogP contribution in [0.5, 0.6) is 0 Å². The van der Waals surface area contributed by atoms with Crippen molar-refractivity contribution in [2.45, 2.75) is 17.4 Å². The molecular formula is C14H19N5O2S2. The number of fused-ring (bicyclic) bond motifs is 1. The van der Waals surface area contributed by atoms with Gasteiger partial charge in [-0.15, -0.1) is 0 Å². The summed E-state index contributed by atoms with van der Waals surface area (Å²) in [5, 5.41) is 3.34. The third-order valence-corrected chi connectivity index (χ3v) is 7.10.